The summed E-state index contributed by atoms with van der Waals surface area (Å²) in [6.45, 7) is 0.305. The number of carboxylic acids is 1. The molecule has 1 rings (SSSR count). The van der Waals surface area contributed by atoms with Gasteiger partial charge in [0.2, 0.25) is 0 Å². The van der Waals surface area contributed by atoms with Crippen molar-refractivity contribution in [1.29, 1.82) is 5.26 Å². The number of rotatable bonds is 6. The van der Waals surface area contributed by atoms with Crippen LogP contribution in [-0.4, -0.2) is 30.8 Å². The van der Waals surface area contributed by atoms with Gasteiger partial charge in [-0.1, -0.05) is 11.6 Å². The molecule has 2 N–H and O–H groups in total. The predicted octanol–water partition coefficient (Wildman–Crippen LogP) is 2.11. The van der Waals surface area contributed by atoms with Gasteiger partial charge >= 0.3 is 5.97 Å². The number of hydrogen-bond acceptors (Lipinski definition) is 4. The fraction of sp³-hybridized carbons (Fsp3) is 0.333. The number of nitrogens with one attached hydrogen (secondary N) is 1. The number of nitriles is 1. The normalized spacial score (nSPS) is 11.6. The Balaban J connectivity index is 2.68. The minimum absolute atomic E-state index is 0.0982. The van der Waals surface area contributed by atoms with E-state index in [1.165, 1.54) is 7.11 Å². The van der Waals surface area contributed by atoms with Crippen LogP contribution in [0.4, 0.5) is 5.69 Å². The van der Waals surface area contributed by atoms with Gasteiger partial charge in [0.05, 0.1) is 23.8 Å². The van der Waals surface area contributed by atoms with Gasteiger partial charge in [-0.15, -0.1) is 0 Å². The number of nitrogens with zero attached hydrogens (tertiary/aromatic N) is 1. The molecule has 0 spiro atoms. The SMILES string of the molecule is COC(CNc1ccc(Cl)cc1C#N)CC(=O)O. The standard InChI is InChI=1S/C12H13ClN2O3/c1-18-10(5-12(16)17)7-15-11-3-2-9(13)4-8(11)6-14/h2-4,10,15H,5,7H2,1H3,(H,16,17). The number of carboxylic acid groups (broad SMARTS) is 1. The van der Waals surface area contributed by atoms with E-state index < -0.39 is 12.1 Å². The van der Waals surface area contributed by atoms with E-state index in [-0.39, 0.29) is 6.42 Å². The minimum atomic E-state index is -0.930. The number of anilines is 1. The Kier molecular flexibility index (Phi) is 5.43. The van der Waals surface area contributed by atoms with Crippen molar-refractivity contribution in [1.82, 2.24) is 0 Å². The second-order valence-corrected chi connectivity index (χ2v) is 4.07. The first-order chi connectivity index (χ1) is 8.56. The van der Waals surface area contributed by atoms with Crippen molar-refractivity contribution in [3.05, 3.63) is 28.8 Å². The average Bonchev–Trinajstić information content (AvgIpc) is 2.34. The Labute approximate surface area is 110 Å². The van der Waals surface area contributed by atoms with Crippen LogP contribution >= 0.6 is 11.6 Å². The van der Waals surface area contributed by atoms with Gasteiger partial charge in [-0.2, -0.15) is 5.26 Å². The van der Waals surface area contributed by atoms with Crippen LogP contribution in [0, 0.1) is 11.3 Å². The van der Waals surface area contributed by atoms with E-state index in [1.807, 2.05) is 6.07 Å². The number of aliphatic carboxylic acids is 1. The summed E-state index contributed by atoms with van der Waals surface area (Å²) in [4.78, 5) is 10.6. The Morgan fingerprint density at radius 2 is 2.39 bits per heavy atom. The summed E-state index contributed by atoms with van der Waals surface area (Å²) in [5, 5.41) is 21.1. The summed E-state index contributed by atoms with van der Waals surface area (Å²) in [7, 11) is 1.45. The molecule has 0 fully saturated rings. The van der Waals surface area contributed by atoms with E-state index in [0.717, 1.165) is 0 Å². The van der Waals surface area contributed by atoms with Gasteiger partial charge in [-0.3, -0.25) is 4.79 Å². The molecule has 0 saturated heterocycles. The molecule has 0 saturated carbocycles. The number of ether oxygens (including phenoxy) is 1. The maximum Gasteiger partial charge on any atom is 0.306 e. The molecule has 0 aromatic heterocycles. The number of benzene rings is 1. The fourth-order valence-electron chi connectivity index (χ4n) is 1.42. The number of hydrogen-bond donors (Lipinski definition) is 2. The summed E-state index contributed by atoms with van der Waals surface area (Å²) >= 11 is 5.77. The van der Waals surface area contributed by atoms with Crippen LogP contribution in [-0.2, 0) is 9.53 Å². The van der Waals surface area contributed by atoms with E-state index in [4.69, 9.17) is 26.7 Å². The van der Waals surface area contributed by atoms with Crippen LogP contribution in [0.25, 0.3) is 0 Å². The Morgan fingerprint density at radius 3 is 2.94 bits per heavy atom. The highest BCUT2D eigenvalue weighted by molar-refractivity contribution is 6.30. The van der Waals surface area contributed by atoms with Gasteiger partial charge in [-0.25, -0.2) is 0 Å². The molecule has 0 bridgehead atoms. The topological polar surface area (TPSA) is 82.3 Å². The average molecular weight is 269 g/mol. The van der Waals surface area contributed by atoms with Gasteiger partial charge in [-0.05, 0) is 18.2 Å². The van der Waals surface area contributed by atoms with Crippen LogP contribution in [0.2, 0.25) is 5.02 Å². The van der Waals surface area contributed by atoms with E-state index in [9.17, 15) is 4.79 Å². The number of halogens is 1. The van der Waals surface area contributed by atoms with Crippen molar-refractivity contribution in [2.45, 2.75) is 12.5 Å². The first-order valence-corrected chi connectivity index (χ1v) is 5.62. The molecule has 0 aliphatic heterocycles. The molecule has 0 aliphatic carbocycles. The summed E-state index contributed by atoms with van der Waals surface area (Å²) in [6.07, 6.45) is -0.552. The summed E-state index contributed by atoms with van der Waals surface area (Å²) < 4.78 is 5.03. The molecule has 0 radical (unpaired) electrons. The van der Waals surface area contributed by atoms with Crippen LogP contribution in [0.3, 0.4) is 0 Å². The molecule has 18 heavy (non-hydrogen) atoms. The van der Waals surface area contributed by atoms with Gasteiger partial charge < -0.3 is 15.2 Å². The van der Waals surface area contributed by atoms with Gasteiger partial charge in [0.15, 0.2) is 0 Å². The van der Waals surface area contributed by atoms with Crippen molar-refractivity contribution in [3.8, 4) is 6.07 Å². The molecule has 96 valence electrons. The molecule has 1 unspecified atom stereocenters. The van der Waals surface area contributed by atoms with Crippen LogP contribution < -0.4 is 5.32 Å². The minimum Gasteiger partial charge on any atom is -0.481 e. The van der Waals surface area contributed by atoms with Crippen LogP contribution in [0.1, 0.15) is 12.0 Å². The van der Waals surface area contributed by atoms with Crippen molar-refractivity contribution in [2.24, 2.45) is 0 Å². The summed E-state index contributed by atoms with van der Waals surface area (Å²) in [5.74, 6) is -0.930. The number of carbonyl (C=O) groups is 1. The van der Waals surface area contributed by atoms with Crippen LogP contribution in [0.5, 0.6) is 0 Å². The first kappa shape index (κ1) is 14.3. The van der Waals surface area contributed by atoms with Crippen molar-refractivity contribution >= 4 is 23.3 Å². The lowest BCUT2D eigenvalue weighted by molar-refractivity contribution is -0.139. The summed E-state index contributed by atoms with van der Waals surface area (Å²) in [6, 6.07) is 6.89. The second-order valence-electron chi connectivity index (χ2n) is 3.64. The molecule has 1 aromatic carbocycles. The lowest BCUT2D eigenvalue weighted by Gasteiger charge is -2.15. The molecule has 0 amide bonds. The zero-order valence-corrected chi connectivity index (χ0v) is 10.6. The predicted molar refractivity (Wildman–Crippen MR) is 67.7 cm³/mol. The second kappa shape index (κ2) is 6.84. The zero-order valence-electron chi connectivity index (χ0n) is 9.81. The van der Waals surface area contributed by atoms with E-state index in [0.29, 0.717) is 22.8 Å². The molecule has 1 atom stereocenters. The van der Waals surface area contributed by atoms with E-state index >= 15 is 0 Å². The van der Waals surface area contributed by atoms with Crippen LogP contribution in [0.15, 0.2) is 18.2 Å². The molecule has 0 aliphatic rings. The highest BCUT2D eigenvalue weighted by Gasteiger charge is 2.12. The fourth-order valence-corrected chi connectivity index (χ4v) is 1.59. The zero-order chi connectivity index (χ0) is 13.5. The van der Waals surface area contributed by atoms with E-state index in [1.54, 1.807) is 18.2 Å². The van der Waals surface area contributed by atoms with Gasteiger partial charge in [0.1, 0.15) is 6.07 Å². The first-order valence-electron chi connectivity index (χ1n) is 5.25. The number of methoxy groups -OCH3 is 1. The third-order valence-electron chi connectivity index (χ3n) is 2.36. The lowest BCUT2D eigenvalue weighted by Crippen LogP contribution is -2.25. The van der Waals surface area contributed by atoms with Gasteiger partial charge in [0, 0.05) is 18.7 Å². The van der Waals surface area contributed by atoms with Crippen molar-refractivity contribution in [2.75, 3.05) is 19.0 Å². The van der Waals surface area contributed by atoms with E-state index in [2.05, 4.69) is 5.32 Å². The lowest BCUT2D eigenvalue weighted by atomic mass is 10.2. The Bertz CT molecular complexity index is 471. The Hall–Kier alpha value is -1.77. The molecular weight excluding hydrogens is 256 g/mol. The monoisotopic (exact) mass is 268 g/mol. The molecule has 0 heterocycles. The van der Waals surface area contributed by atoms with Crippen molar-refractivity contribution < 1.29 is 14.6 Å². The quantitative estimate of drug-likeness (QED) is 0.826. The molecule has 1 aromatic rings. The smallest absolute Gasteiger partial charge is 0.306 e. The maximum absolute atomic E-state index is 10.6. The van der Waals surface area contributed by atoms with Gasteiger partial charge in [0.25, 0.3) is 0 Å². The largest absolute Gasteiger partial charge is 0.481 e. The maximum atomic E-state index is 10.6. The Morgan fingerprint density at radius 1 is 1.67 bits per heavy atom. The van der Waals surface area contributed by atoms with Crippen molar-refractivity contribution in [3.63, 3.8) is 0 Å². The third kappa shape index (κ3) is 4.24. The third-order valence-corrected chi connectivity index (χ3v) is 2.59. The molecular formula is C12H13ClN2O3. The highest BCUT2D eigenvalue weighted by Crippen LogP contribution is 2.20. The summed E-state index contributed by atoms with van der Waals surface area (Å²) in [5.41, 5.74) is 1.02. The molecule has 5 nitrogen and oxygen atoms in total. The highest BCUT2D eigenvalue weighted by atomic mass is 35.5. The molecule has 6 heteroatoms.